The van der Waals surface area contributed by atoms with Crippen LogP contribution in [0.4, 0.5) is 0 Å². The van der Waals surface area contributed by atoms with Crippen molar-refractivity contribution in [1.29, 1.82) is 0 Å². The van der Waals surface area contributed by atoms with E-state index >= 15 is 0 Å². The van der Waals surface area contributed by atoms with Crippen molar-refractivity contribution in [2.75, 3.05) is 0 Å². The normalized spacial score (nSPS) is 11.2. The van der Waals surface area contributed by atoms with Crippen molar-refractivity contribution in [3.05, 3.63) is 70.0 Å². The topological polar surface area (TPSA) is 78.0 Å². The Hall–Kier alpha value is -2.60. The van der Waals surface area contributed by atoms with Crippen LogP contribution in [0.25, 0.3) is 10.9 Å². The molecule has 2 aromatic carbocycles. The van der Waals surface area contributed by atoms with Crippen molar-refractivity contribution >= 4 is 28.6 Å². The Bertz CT molecular complexity index is 1010. The van der Waals surface area contributed by atoms with Crippen LogP contribution in [0.15, 0.2) is 58.5 Å². The van der Waals surface area contributed by atoms with E-state index in [9.17, 15) is 9.59 Å². The number of nitrogens with zero attached hydrogens (tertiary/aromatic N) is 2. The number of primary amides is 1. The molecule has 5 nitrogen and oxygen atoms in total. The predicted molar refractivity (Wildman–Crippen MR) is 110 cm³/mol. The number of hydrogen-bond acceptors (Lipinski definition) is 4. The van der Waals surface area contributed by atoms with E-state index < -0.39 is 5.91 Å². The Balaban J connectivity index is 1.90. The quantitative estimate of drug-likeness (QED) is 0.498. The molecule has 0 radical (unpaired) electrons. The molecule has 3 rings (SSSR count). The molecule has 1 aromatic heterocycles. The molecule has 0 bridgehead atoms. The zero-order valence-electron chi connectivity index (χ0n) is 15.5. The van der Waals surface area contributed by atoms with Gasteiger partial charge < -0.3 is 5.73 Å². The maximum absolute atomic E-state index is 13.0. The van der Waals surface area contributed by atoms with Crippen molar-refractivity contribution in [2.24, 2.45) is 11.7 Å². The van der Waals surface area contributed by atoms with Gasteiger partial charge in [-0.25, -0.2) is 4.98 Å². The molecule has 140 valence electrons. The highest BCUT2D eigenvalue weighted by Gasteiger charge is 2.12. The summed E-state index contributed by atoms with van der Waals surface area (Å²) in [6, 6.07) is 14.7. The summed E-state index contributed by atoms with van der Waals surface area (Å²) in [5.41, 5.74) is 7.54. The lowest BCUT2D eigenvalue weighted by Gasteiger charge is -2.14. The van der Waals surface area contributed by atoms with Gasteiger partial charge in [0.05, 0.1) is 10.9 Å². The first-order chi connectivity index (χ1) is 13.0. The van der Waals surface area contributed by atoms with Gasteiger partial charge in [0.2, 0.25) is 5.91 Å². The highest BCUT2D eigenvalue weighted by Crippen LogP contribution is 2.23. The van der Waals surface area contributed by atoms with E-state index in [-0.39, 0.29) is 5.56 Å². The third-order valence-corrected chi connectivity index (χ3v) is 5.41. The van der Waals surface area contributed by atoms with Crippen molar-refractivity contribution in [1.82, 2.24) is 9.55 Å². The third kappa shape index (κ3) is 4.57. The van der Waals surface area contributed by atoms with Gasteiger partial charge in [-0.05, 0) is 42.2 Å². The molecule has 1 amide bonds. The maximum atomic E-state index is 13.0. The van der Waals surface area contributed by atoms with Crippen LogP contribution in [0.1, 0.15) is 36.2 Å². The van der Waals surface area contributed by atoms with Gasteiger partial charge in [-0.3, -0.25) is 14.2 Å². The summed E-state index contributed by atoms with van der Waals surface area (Å²) in [5.74, 6) is 0.724. The lowest BCUT2D eigenvalue weighted by molar-refractivity contribution is 0.100. The summed E-state index contributed by atoms with van der Waals surface area (Å²) < 4.78 is 1.78. The van der Waals surface area contributed by atoms with E-state index in [1.165, 1.54) is 11.8 Å². The van der Waals surface area contributed by atoms with E-state index in [4.69, 9.17) is 10.7 Å². The molecule has 0 saturated heterocycles. The monoisotopic (exact) mass is 381 g/mol. The van der Waals surface area contributed by atoms with E-state index in [0.717, 1.165) is 22.7 Å². The fourth-order valence-corrected chi connectivity index (χ4v) is 3.74. The summed E-state index contributed by atoms with van der Waals surface area (Å²) >= 11 is 1.53. The summed E-state index contributed by atoms with van der Waals surface area (Å²) in [4.78, 5) is 28.9. The Labute approximate surface area is 162 Å². The second kappa shape index (κ2) is 8.39. The van der Waals surface area contributed by atoms with E-state index in [1.807, 2.05) is 36.4 Å². The average Bonchev–Trinajstić information content (AvgIpc) is 2.66. The number of fused-ring (bicyclic) bond motifs is 1. The van der Waals surface area contributed by atoms with Crippen LogP contribution < -0.4 is 11.3 Å². The smallest absolute Gasteiger partial charge is 0.262 e. The second-order valence-corrected chi connectivity index (χ2v) is 7.84. The molecule has 0 aliphatic rings. The fourth-order valence-electron chi connectivity index (χ4n) is 2.76. The summed E-state index contributed by atoms with van der Waals surface area (Å²) in [6.45, 7) is 4.94. The number of carbonyl (C=O) groups is 1. The Morgan fingerprint density at radius 1 is 1.15 bits per heavy atom. The number of benzene rings is 2. The first kappa shape index (κ1) is 19.2. The van der Waals surface area contributed by atoms with Crippen LogP contribution in [-0.4, -0.2) is 15.5 Å². The molecule has 0 atom stereocenters. The third-order valence-electron chi connectivity index (χ3n) is 4.36. The average molecular weight is 382 g/mol. The highest BCUT2D eigenvalue weighted by molar-refractivity contribution is 7.98. The minimum atomic E-state index is -0.437. The molecule has 0 fully saturated rings. The molecular weight excluding hydrogens is 358 g/mol. The van der Waals surface area contributed by atoms with E-state index in [2.05, 4.69) is 13.8 Å². The minimum Gasteiger partial charge on any atom is -0.366 e. The molecule has 1 heterocycles. The molecule has 0 unspecified atom stereocenters. The predicted octanol–water partition coefficient (Wildman–Crippen LogP) is 3.83. The molecule has 0 saturated carbocycles. The molecule has 27 heavy (non-hydrogen) atoms. The summed E-state index contributed by atoms with van der Waals surface area (Å²) in [7, 11) is 0. The minimum absolute atomic E-state index is 0.00725. The van der Waals surface area contributed by atoms with Crippen LogP contribution in [0.2, 0.25) is 0 Å². The van der Waals surface area contributed by atoms with Gasteiger partial charge in [-0.1, -0.05) is 49.9 Å². The Kier molecular flexibility index (Phi) is 5.96. The van der Waals surface area contributed by atoms with Crippen LogP contribution in [-0.2, 0) is 12.3 Å². The number of amides is 1. The number of nitrogens with two attached hydrogens (primary N) is 1. The fraction of sp³-hybridized carbons (Fsp3) is 0.286. The number of carbonyl (C=O) groups excluding carboxylic acids is 1. The second-order valence-electron chi connectivity index (χ2n) is 6.90. The largest absolute Gasteiger partial charge is 0.366 e. The van der Waals surface area contributed by atoms with Gasteiger partial charge in [-0.15, -0.1) is 0 Å². The van der Waals surface area contributed by atoms with E-state index in [1.54, 1.807) is 16.7 Å². The lowest BCUT2D eigenvalue weighted by Crippen LogP contribution is -2.24. The highest BCUT2D eigenvalue weighted by atomic mass is 32.2. The number of para-hydroxylation sites is 1. The molecule has 0 spiro atoms. The Morgan fingerprint density at radius 3 is 2.52 bits per heavy atom. The van der Waals surface area contributed by atoms with Crippen molar-refractivity contribution in [2.45, 2.75) is 37.7 Å². The van der Waals surface area contributed by atoms with Gasteiger partial charge >= 0.3 is 0 Å². The van der Waals surface area contributed by atoms with Crippen LogP contribution in [0, 0.1) is 5.92 Å². The van der Waals surface area contributed by atoms with Gasteiger partial charge in [0, 0.05) is 17.9 Å². The lowest BCUT2D eigenvalue weighted by atomic mass is 10.1. The van der Waals surface area contributed by atoms with E-state index in [0.29, 0.717) is 29.2 Å². The molecule has 0 aliphatic heterocycles. The zero-order chi connectivity index (χ0) is 19.4. The molecule has 6 heteroatoms. The zero-order valence-corrected chi connectivity index (χ0v) is 16.3. The van der Waals surface area contributed by atoms with Crippen molar-refractivity contribution in [3.63, 3.8) is 0 Å². The molecule has 2 N–H and O–H groups in total. The van der Waals surface area contributed by atoms with Gasteiger partial charge in [0.15, 0.2) is 5.16 Å². The first-order valence-electron chi connectivity index (χ1n) is 8.97. The maximum Gasteiger partial charge on any atom is 0.262 e. The van der Waals surface area contributed by atoms with Gasteiger partial charge in [-0.2, -0.15) is 0 Å². The van der Waals surface area contributed by atoms with Crippen LogP contribution in [0.3, 0.4) is 0 Å². The standard InChI is InChI=1S/C21H23N3O2S/c1-14(2)11-12-24-20(26)17-5-3-4-6-18(17)23-21(24)27-13-15-7-9-16(10-8-15)19(22)25/h3-10,14H,11-13H2,1-2H3,(H2,22,25). The summed E-state index contributed by atoms with van der Waals surface area (Å²) in [6.07, 6.45) is 0.917. The molecular formula is C21H23N3O2S. The van der Waals surface area contributed by atoms with Crippen molar-refractivity contribution < 1.29 is 4.79 Å². The van der Waals surface area contributed by atoms with Crippen LogP contribution in [0.5, 0.6) is 0 Å². The van der Waals surface area contributed by atoms with Crippen LogP contribution >= 0.6 is 11.8 Å². The first-order valence-corrected chi connectivity index (χ1v) is 9.95. The number of aromatic nitrogens is 2. The van der Waals surface area contributed by atoms with Crippen molar-refractivity contribution in [3.8, 4) is 0 Å². The summed E-state index contributed by atoms with van der Waals surface area (Å²) in [5, 5.41) is 1.37. The number of rotatable bonds is 7. The van der Waals surface area contributed by atoms with Gasteiger partial charge in [0.25, 0.3) is 5.56 Å². The molecule has 3 aromatic rings. The molecule has 0 aliphatic carbocycles. The SMILES string of the molecule is CC(C)CCn1c(SCc2ccc(C(N)=O)cc2)nc2ccccc2c1=O. The Morgan fingerprint density at radius 2 is 1.85 bits per heavy atom. The van der Waals surface area contributed by atoms with Gasteiger partial charge in [0.1, 0.15) is 0 Å². The number of thioether (sulfide) groups is 1. The number of hydrogen-bond donors (Lipinski definition) is 1.